The Labute approximate surface area is 165 Å². The normalized spacial score (nSPS) is 18.7. The van der Waals surface area contributed by atoms with Crippen LogP contribution in [0.1, 0.15) is 31.8 Å². The molecule has 1 saturated heterocycles. The van der Waals surface area contributed by atoms with Crippen molar-refractivity contribution in [2.75, 3.05) is 6.54 Å². The first-order valence-corrected chi connectivity index (χ1v) is 8.85. The molecule has 1 atom stereocenters. The fraction of sp³-hybridized carbons (Fsp3) is 0.143. The van der Waals surface area contributed by atoms with Crippen LogP contribution >= 0.6 is 0 Å². The van der Waals surface area contributed by atoms with Crippen molar-refractivity contribution in [1.29, 1.82) is 0 Å². The van der Waals surface area contributed by atoms with E-state index in [1.54, 1.807) is 36.4 Å². The number of likely N-dealkylation sites (tertiary alicyclic amines) is 1. The average Bonchev–Trinajstić information content (AvgIpc) is 2.97. The zero-order valence-corrected chi connectivity index (χ0v) is 15.1. The van der Waals surface area contributed by atoms with Crippen molar-refractivity contribution >= 4 is 29.8 Å². The summed E-state index contributed by atoms with van der Waals surface area (Å²) >= 11 is 0. The molecule has 2 aromatic carbocycles. The van der Waals surface area contributed by atoms with Crippen LogP contribution in [0, 0.1) is 0 Å². The molecule has 8 nitrogen and oxygen atoms in total. The molecule has 2 N–H and O–H groups in total. The van der Waals surface area contributed by atoms with Gasteiger partial charge in [-0.05, 0) is 29.3 Å². The summed E-state index contributed by atoms with van der Waals surface area (Å²) in [5.74, 6) is -3.03. The summed E-state index contributed by atoms with van der Waals surface area (Å²) in [6.07, 6.45) is 1.33. The van der Waals surface area contributed by atoms with Gasteiger partial charge in [-0.25, -0.2) is 4.79 Å². The molecule has 1 unspecified atom stereocenters. The summed E-state index contributed by atoms with van der Waals surface area (Å²) in [6, 6.07) is 11.8. The van der Waals surface area contributed by atoms with Gasteiger partial charge in [-0.3, -0.25) is 19.3 Å². The Balaban J connectivity index is 1.56. The SMILES string of the molecule is O=C(O)/C(=C\c1ccc(CO)cc1)N1CC(N2C(=O)c3ccccc3C2=O)C1=O. The van der Waals surface area contributed by atoms with E-state index in [1.165, 1.54) is 18.2 Å². The molecule has 2 aliphatic heterocycles. The second kappa shape index (κ2) is 6.99. The lowest BCUT2D eigenvalue weighted by Gasteiger charge is -2.41. The number of aliphatic hydroxyl groups excluding tert-OH is 1. The highest BCUT2D eigenvalue weighted by Gasteiger charge is 2.51. The highest BCUT2D eigenvalue weighted by molar-refractivity contribution is 6.23. The Hall–Kier alpha value is -3.78. The van der Waals surface area contributed by atoms with Crippen LogP contribution in [-0.2, 0) is 16.2 Å². The van der Waals surface area contributed by atoms with Gasteiger partial charge in [-0.2, -0.15) is 0 Å². The van der Waals surface area contributed by atoms with E-state index in [-0.39, 0.29) is 30.0 Å². The van der Waals surface area contributed by atoms with Crippen molar-refractivity contribution in [2.45, 2.75) is 12.6 Å². The number of carboxylic acid groups (broad SMARTS) is 1. The summed E-state index contributed by atoms with van der Waals surface area (Å²) in [6.45, 7) is -0.223. The lowest BCUT2D eigenvalue weighted by atomic mass is 10.0. The molecule has 29 heavy (non-hydrogen) atoms. The van der Waals surface area contributed by atoms with E-state index in [0.717, 1.165) is 9.80 Å². The number of aliphatic carboxylic acids is 1. The van der Waals surface area contributed by atoms with Gasteiger partial charge >= 0.3 is 5.97 Å². The molecule has 0 spiro atoms. The van der Waals surface area contributed by atoms with Gasteiger partial charge in [-0.15, -0.1) is 0 Å². The maximum Gasteiger partial charge on any atom is 0.352 e. The van der Waals surface area contributed by atoms with Crippen LogP contribution in [0.3, 0.4) is 0 Å². The number of benzene rings is 2. The number of hydrogen-bond acceptors (Lipinski definition) is 5. The molecule has 2 aromatic rings. The van der Waals surface area contributed by atoms with Gasteiger partial charge in [0.1, 0.15) is 11.7 Å². The molecular weight excluding hydrogens is 376 g/mol. The van der Waals surface area contributed by atoms with Gasteiger partial charge in [-0.1, -0.05) is 36.4 Å². The summed E-state index contributed by atoms with van der Waals surface area (Å²) in [4.78, 5) is 51.4. The first kappa shape index (κ1) is 18.6. The molecule has 8 heteroatoms. The number of aliphatic hydroxyl groups is 1. The smallest absolute Gasteiger partial charge is 0.352 e. The Kier molecular flexibility index (Phi) is 4.48. The van der Waals surface area contributed by atoms with Crippen molar-refractivity contribution in [3.8, 4) is 0 Å². The number of β-lactam (4-membered cyclic amide) rings is 1. The lowest BCUT2D eigenvalue weighted by molar-refractivity contribution is -0.149. The molecule has 0 aliphatic carbocycles. The molecule has 146 valence electrons. The van der Waals surface area contributed by atoms with Crippen LogP contribution in [0.5, 0.6) is 0 Å². The molecule has 4 rings (SSSR count). The van der Waals surface area contributed by atoms with Crippen LogP contribution < -0.4 is 0 Å². The zero-order chi connectivity index (χ0) is 20.7. The third-order valence-corrected chi connectivity index (χ3v) is 5.02. The molecule has 0 saturated carbocycles. The van der Waals surface area contributed by atoms with Gasteiger partial charge < -0.3 is 15.1 Å². The molecule has 2 heterocycles. The first-order chi connectivity index (χ1) is 13.9. The topological polar surface area (TPSA) is 115 Å². The second-order valence-corrected chi connectivity index (χ2v) is 6.72. The minimum Gasteiger partial charge on any atom is -0.477 e. The summed E-state index contributed by atoms with van der Waals surface area (Å²) < 4.78 is 0. The zero-order valence-electron chi connectivity index (χ0n) is 15.1. The van der Waals surface area contributed by atoms with Crippen LogP contribution in [0.4, 0.5) is 0 Å². The number of imide groups is 1. The lowest BCUT2D eigenvalue weighted by Crippen LogP contribution is -2.65. The number of carbonyl (C=O) groups excluding carboxylic acids is 3. The molecule has 0 radical (unpaired) electrons. The number of hydrogen-bond donors (Lipinski definition) is 2. The summed E-state index contributed by atoms with van der Waals surface area (Å²) in [5, 5.41) is 18.6. The fourth-order valence-electron chi connectivity index (χ4n) is 3.44. The van der Waals surface area contributed by atoms with Crippen molar-refractivity contribution in [3.63, 3.8) is 0 Å². The van der Waals surface area contributed by atoms with Crippen molar-refractivity contribution < 1.29 is 29.4 Å². The van der Waals surface area contributed by atoms with E-state index in [1.807, 2.05) is 0 Å². The minimum atomic E-state index is -1.30. The van der Waals surface area contributed by atoms with Gasteiger partial charge in [0.25, 0.3) is 17.7 Å². The van der Waals surface area contributed by atoms with Crippen molar-refractivity contribution in [1.82, 2.24) is 9.80 Å². The van der Waals surface area contributed by atoms with Crippen LogP contribution in [0.2, 0.25) is 0 Å². The number of fused-ring (bicyclic) bond motifs is 1. The Morgan fingerprint density at radius 3 is 2.07 bits per heavy atom. The van der Waals surface area contributed by atoms with Gasteiger partial charge in [0, 0.05) is 0 Å². The van der Waals surface area contributed by atoms with Crippen molar-refractivity contribution in [2.24, 2.45) is 0 Å². The number of nitrogens with zero attached hydrogens (tertiary/aromatic N) is 2. The molecule has 2 aliphatic rings. The minimum absolute atomic E-state index is 0.0862. The van der Waals surface area contributed by atoms with Crippen LogP contribution in [0.15, 0.2) is 54.2 Å². The number of rotatable bonds is 5. The van der Waals surface area contributed by atoms with Crippen molar-refractivity contribution in [3.05, 3.63) is 76.5 Å². The Bertz CT molecular complexity index is 1040. The van der Waals surface area contributed by atoms with Gasteiger partial charge in [0.2, 0.25) is 0 Å². The fourth-order valence-corrected chi connectivity index (χ4v) is 3.44. The number of amides is 3. The van der Waals surface area contributed by atoms with E-state index < -0.39 is 29.7 Å². The highest BCUT2D eigenvalue weighted by atomic mass is 16.4. The molecule has 1 fully saturated rings. The number of carbonyl (C=O) groups is 4. The molecular formula is C21H16N2O6. The average molecular weight is 392 g/mol. The first-order valence-electron chi connectivity index (χ1n) is 8.85. The molecule has 0 aromatic heterocycles. The van der Waals surface area contributed by atoms with E-state index >= 15 is 0 Å². The summed E-state index contributed by atoms with van der Waals surface area (Å²) in [5.41, 5.74) is 1.43. The van der Waals surface area contributed by atoms with Crippen LogP contribution in [0.25, 0.3) is 6.08 Å². The maximum atomic E-state index is 12.7. The standard InChI is InChI=1S/C21H16N2O6/c24-11-13-7-5-12(6-8-13)9-16(21(28)29)22-10-17(20(22)27)23-18(25)14-3-1-2-4-15(14)19(23)26/h1-9,17,24H,10-11H2,(H,28,29)/b16-9+. The van der Waals surface area contributed by atoms with Gasteiger partial charge in [0.15, 0.2) is 0 Å². The van der Waals surface area contributed by atoms with E-state index in [0.29, 0.717) is 11.1 Å². The second-order valence-electron chi connectivity index (χ2n) is 6.72. The largest absolute Gasteiger partial charge is 0.477 e. The predicted octanol–water partition coefficient (Wildman–Crippen LogP) is 1.11. The predicted molar refractivity (Wildman–Crippen MR) is 100 cm³/mol. The number of carboxylic acids is 1. The van der Waals surface area contributed by atoms with E-state index in [2.05, 4.69) is 0 Å². The summed E-state index contributed by atoms with van der Waals surface area (Å²) in [7, 11) is 0. The third kappa shape index (κ3) is 2.99. The van der Waals surface area contributed by atoms with Gasteiger partial charge in [0.05, 0.1) is 24.3 Å². The molecule has 3 amide bonds. The molecule has 0 bridgehead atoms. The maximum absolute atomic E-state index is 12.7. The Morgan fingerprint density at radius 2 is 1.59 bits per heavy atom. The van der Waals surface area contributed by atoms with Crippen LogP contribution in [-0.4, -0.2) is 56.3 Å². The van der Waals surface area contributed by atoms with E-state index in [9.17, 15) is 24.3 Å². The monoisotopic (exact) mass is 392 g/mol. The quantitative estimate of drug-likeness (QED) is 0.448. The van der Waals surface area contributed by atoms with E-state index in [4.69, 9.17) is 5.11 Å². The third-order valence-electron chi connectivity index (χ3n) is 5.02. The Morgan fingerprint density at radius 1 is 1.00 bits per heavy atom. The highest BCUT2D eigenvalue weighted by Crippen LogP contribution is 2.31.